The number of nitrogens with one attached hydrogen (secondary N) is 2. The van der Waals surface area contributed by atoms with Gasteiger partial charge in [-0.15, -0.1) is 0 Å². The number of carbonyl (C=O) groups is 1. The van der Waals surface area contributed by atoms with E-state index in [4.69, 9.17) is 9.26 Å². The van der Waals surface area contributed by atoms with Crippen molar-refractivity contribution in [1.29, 1.82) is 0 Å². The van der Waals surface area contributed by atoms with Gasteiger partial charge in [0.25, 0.3) is 0 Å². The minimum absolute atomic E-state index is 0.235. The third-order valence-corrected chi connectivity index (χ3v) is 6.00. The lowest BCUT2D eigenvalue weighted by molar-refractivity contribution is 0.0730. The number of rotatable bonds is 6. The van der Waals surface area contributed by atoms with Gasteiger partial charge < -0.3 is 19.9 Å². The summed E-state index contributed by atoms with van der Waals surface area (Å²) in [6.07, 6.45) is 0. The van der Waals surface area contributed by atoms with Gasteiger partial charge in [-0.2, -0.15) is 4.31 Å². The molecule has 146 valence electrons. The molecular formula is C17H22N4O5S. The molecule has 2 aromatic rings. The van der Waals surface area contributed by atoms with E-state index in [0.717, 1.165) is 5.56 Å². The van der Waals surface area contributed by atoms with E-state index in [2.05, 4.69) is 15.8 Å². The predicted octanol–water partition coefficient (Wildman–Crippen LogP) is 1.00. The lowest BCUT2D eigenvalue weighted by Crippen LogP contribution is -2.40. The van der Waals surface area contributed by atoms with Gasteiger partial charge in [-0.25, -0.2) is 13.2 Å². The second-order valence-corrected chi connectivity index (χ2v) is 8.06. The molecule has 27 heavy (non-hydrogen) atoms. The van der Waals surface area contributed by atoms with Crippen molar-refractivity contribution in [3.8, 4) is 0 Å². The molecule has 3 rings (SSSR count). The fourth-order valence-electron chi connectivity index (χ4n) is 2.63. The van der Waals surface area contributed by atoms with Crippen LogP contribution in [0.4, 0.5) is 4.79 Å². The van der Waals surface area contributed by atoms with Crippen molar-refractivity contribution >= 4 is 16.1 Å². The van der Waals surface area contributed by atoms with Crippen LogP contribution in [0.3, 0.4) is 0 Å². The minimum Gasteiger partial charge on any atom is -0.379 e. The van der Waals surface area contributed by atoms with E-state index in [1.165, 1.54) is 4.31 Å². The zero-order chi connectivity index (χ0) is 19.3. The maximum Gasteiger partial charge on any atom is 0.315 e. The largest absolute Gasteiger partial charge is 0.379 e. The molecule has 1 fully saturated rings. The molecule has 2 N–H and O–H groups in total. The summed E-state index contributed by atoms with van der Waals surface area (Å²) in [7, 11) is -3.51. The highest BCUT2D eigenvalue weighted by Crippen LogP contribution is 2.17. The molecule has 1 saturated heterocycles. The normalized spacial score (nSPS) is 15.4. The number of nitrogens with zero attached hydrogens (tertiary/aromatic N) is 2. The molecule has 0 atom stereocenters. The number of urea groups is 1. The quantitative estimate of drug-likeness (QED) is 0.756. The molecule has 0 aliphatic carbocycles. The molecule has 0 spiro atoms. The highest BCUT2D eigenvalue weighted by Gasteiger charge is 2.26. The molecular weight excluding hydrogens is 372 g/mol. The lowest BCUT2D eigenvalue weighted by Gasteiger charge is -2.26. The first-order valence-corrected chi connectivity index (χ1v) is 10.00. The van der Waals surface area contributed by atoms with Gasteiger partial charge in [0.1, 0.15) is 11.5 Å². The summed E-state index contributed by atoms with van der Waals surface area (Å²) in [6.45, 7) is 3.85. The van der Waals surface area contributed by atoms with E-state index in [9.17, 15) is 13.2 Å². The molecule has 0 radical (unpaired) electrons. The number of aromatic nitrogens is 1. The Kier molecular flexibility index (Phi) is 6.09. The number of hydrogen-bond donors (Lipinski definition) is 2. The minimum atomic E-state index is -3.51. The van der Waals surface area contributed by atoms with Crippen LogP contribution in [0.25, 0.3) is 0 Å². The summed E-state index contributed by atoms with van der Waals surface area (Å²) in [5, 5.41) is 9.18. The highest BCUT2D eigenvalue weighted by atomic mass is 32.2. The Morgan fingerprint density at radius 2 is 1.81 bits per heavy atom. The van der Waals surface area contributed by atoms with Gasteiger partial charge in [-0.05, 0) is 24.6 Å². The number of aryl methyl sites for hydroxylation is 1. The Morgan fingerprint density at radius 1 is 1.15 bits per heavy atom. The zero-order valence-corrected chi connectivity index (χ0v) is 15.8. The van der Waals surface area contributed by atoms with E-state index in [1.807, 2.05) is 0 Å². The van der Waals surface area contributed by atoms with Gasteiger partial charge in [0.15, 0.2) is 0 Å². The van der Waals surface area contributed by atoms with Crippen LogP contribution in [0.5, 0.6) is 0 Å². The van der Waals surface area contributed by atoms with Crippen LogP contribution < -0.4 is 10.6 Å². The molecule has 10 heteroatoms. The lowest BCUT2D eigenvalue weighted by atomic mass is 10.2. The smallest absolute Gasteiger partial charge is 0.315 e. The molecule has 1 aromatic carbocycles. The van der Waals surface area contributed by atoms with Crippen LogP contribution >= 0.6 is 0 Å². The van der Waals surface area contributed by atoms with Crippen molar-refractivity contribution in [1.82, 2.24) is 20.1 Å². The Balaban J connectivity index is 1.50. The fraction of sp³-hybridized carbons (Fsp3) is 0.412. The fourth-order valence-corrected chi connectivity index (χ4v) is 4.04. The average molecular weight is 394 g/mol. The summed E-state index contributed by atoms with van der Waals surface area (Å²) in [6, 6.07) is 7.88. The summed E-state index contributed by atoms with van der Waals surface area (Å²) in [5.41, 5.74) is 1.43. The molecule has 0 saturated carbocycles. The van der Waals surface area contributed by atoms with E-state index < -0.39 is 10.0 Å². The number of morpholine rings is 1. The van der Waals surface area contributed by atoms with Gasteiger partial charge >= 0.3 is 6.03 Å². The molecule has 1 aromatic heterocycles. The molecule has 9 nitrogen and oxygen atoms in total. The van der Waals surface area contributed by atoms with Crippen molar-refractivity contribution in [3.63, 3.8) is 0 Å². The number of sulfonamides is 1. The second-order valence-electron chi connectivity index (χ2n) is 6.13. The van der Waals surface area contributed by atoms with Crippen LogP contribution in [0.1, 0.15) is 17.0 Å². The number of hydrogen-bond acceptors (Lipinski definition) is 6. The Bertz CT molecular complexity index is 873. The van der Waals surface area contributed by atoms with Crippen LogP contribution in [0.2, 0.25) is 0 Å². The average Bonchev–Trinajstić information content (AvgIpc) is 3.11. The first-order chi connectivity index (χ1) is 12.9. The van der Waals surface area contributed by atoms with Crippen molar-refractivity contribution in [3.05, 3.63) is 47.3 Å². The van der Waals surface area contributed by atoms with Crippen LogP contribution in [-0.2, 0) is 27.8 Å². The summed E-state index contributed by atoms with van der Waals surface area (Å²) in [4.78, 5) is 12.1. The van der Waals surface area contributed by atoms with E-state index in [0.29, 0.717) is 37.8 Å². The molecule has 0 bridgehead atoms. The van der Waals surface area contributed by atoms with Gasteiger partial charge in [-0.1, -0.05) is 17.3 Å². The number of benzene rings is 1. The SMILES string of the molecule is Cc1cc(CNC(=O)NCc2ccc(S(=O)(=O)N3CCOCC3)cc2)no1. The van der Waals surface area contributed by atoms with Crippen molar-refractivity contribution in [2.24, 2.45) is 0 Å². The van der Waals surface area contributed by atoms with Crippen LogP contribution in [-0.4, -0.2) is 50.2 Å². The maximum atomic E-state index is 12.6. The van der Waals surface area contributed by atoms with E-state index >= 15 is 0 Å². The monoisotopic (exact) mass is 394 g/mol. The molecule has 2 amide bonds. The van der Waals surface area contributed by atoms with Gasteiger partial charge in [0.2, 0.25) is 10.0 Å². The molecule has 1 aliphatic heterocycles. The third kappa shape index (κ3) is 5.06. The van der Waals surface area contributed by atoms with Crippen molar-refractivity contribution < 1.29 is 22.5 Å². The predicted molar refractivity (Wildman–Crippen MR) is 96.3 cm³/mol. The highest BCUT2D eigenvalue weighted by molar-refractivity contribution is 7.89. The van der Waals surface area contributed by atoms with Crippen molar-refractivity contribution in [2.75, 3.05) is 26.3 Å². The first kappa shape index (κ1) is 19.3. The van der Waals surface area contributed by atoms with E-state index in [-0.39, 0.29) is 24.0 Å². The summed E-state index contributed by atoms with van der Waals surface area (Å²) in [5.74, 6) is 0.680. The topological polar surface area (TPSA) is 114 Å². The molecule has 2 heterocycles. The van der Waals surface area contributed by atoms with Crippen molar-refractivity contribution in [2.45, 2.75) is 24.9 Å². The van der Waals surface area contributed by atoms with E-state index in [1.54, 1.807) is 37.3 Å². The summed E-state index contributed by atoms with van der Waals surface area (Å²) < 4.78 is 36.7. The standard InChI is InChI=1S/C17H22N4O5S/c1-13-10-15(20-26-13)12-19-17(22)18-11-14-2-4-16(5-3-14)27(23,24)21-6-8-25-9-7-21/h2-5,10H,6-9,11-12H2,1H3,(H2,18,19,22). The Morgan fingerprint density at radius 3 is 2.44 bits per heavy atom. The number of ether oxygens (including phenoxy) is 1. The van der Waals surface area contributed by atoms with Crippen LogP contribution in [0.15, 0.2) is 39.8 Å². The first-order valence-electron chi connectivity index (χ1n) is 8.56. The number of carbonyl (C=O) groups excluding carboxylic acids is 1. The molecule has 0 unspecified atom stereocenters. The zero-order valence-electron chi connectivity index (χ0n) is 15.0. The maximum absolute atomic E-state index is 12.6. The Labute approximate surface area is 157 Å². The second kappa shape index (κ2) is 8.51. The number of amides is 2. The van der Waals surface area contributed by atoms with Gasteiger partial charge in [0.05, 0.1) is 24.7 Å². The Hall–Kier alpha value is -2.43. The summed E-state index contributed by atoms with van der Waals surface area (Å²) >= 11 is 0. The van der Waals surface area contributed by atoms with Gasteiger partial charge in [-0.3, -0.25) is 0 Å². The van der Waals surface area contributed by atoms with Gasteiger partial charge in [0, 0.05) is 25.7 Å². The van der Waals surface area contributed by atoms with Crippen LogP contribution in [0, 0.1) is 6.92 Å². The molecule has 1 aliphatic rings. The third-order valence-electron chi connectivity index (χ3n) is 4.09.